The second-order valence-electron chi connectivity index (χ2n) is 4.64. The molecule has 1 aromatic carbocycles. The van der Waals surface area contributed by atoms with E-state index in [2.05, 4.69) is 5.18 Å². The van der Waals surface area contributed by atoms with Crippen molar-refractivity contribution in [2.45, 2.75) is 39.0 Å². The van der Waals surface area contributed by atoms with Crippen LogP contribution in [-0.4, -0.2) is 13.1 Å². The van der Waals surface area contributed by atoms with Gasteiger partial charge in [-0.15, -0.1) is 4.91 Å². The standard InChI is InChI=1S/C15H21NO3/c1-3-13(15(17)19-2)9-5-4-7-12-8-6-10-14(11-12)16-18/h6,8,10-11,13H,3-5,7,9H2,1-2H3. The van der Waals surface area contributed by atoms with E-state index in [9.17, 15) is 9.70 Å². The van der Waals surface area contributed by atoms with Crippen LogP contribution in [0.3, 0.4) is 0 Å². The minimum absolute atomic E-state index is 0.00739. The van der Waals surface area contributed by atoms with Crippen molar-refractivity contribution < 1.29 is 9.53 Å². The van der Waals surface area contributed by atoms with E-state index in [0.717, 1.165) is 37.7 Å². The highest BCUT2D eigenvalue weighted by Gasteiger charge is 2.15. The summed E-state index contributed by atoms with van der Waals surface area (Å²) < 4.78 is 4.76. The van der Waals surface area contributed by atoms with Crippen LogP contribution in [0.2, 0.25) is 0 Å². The number of carbonyl (C=O) groups excluding carboxylic acids is 1. The molecule has 0 aliphatic heterocycles. The number of hydrogen-bond acceptors (Lipinski definition) is 4. The van der Waals surface area contributed by atoms with Crippen LogP contribution >= 0.6 is 0 Å². The van der Waals surface area contributed by atoms with Crippen molar-refractivity contribution in [3.63, 3.8) is 0 Å². The largest absolute Gasteiger partial charge is 0.469 e. The van der Waals surface area contributed by atoms with Gasteiger partial charge < -0.3 is 4.74 Å². The summed E-state index contributed by atoms with van der Waals surface area (Å²) in [5.41, 5.74) is 1.58. The molecule has 0 amide bonds. The number of hydrogen-bond donors (Lipinski definition) is 0. The van der Waals surface area contributed by atoms with Gasteiger partial charge in [-0.3, -0.25) is 4.79 Å². The third-order valence-corrected chi connectivity index (χ3v) is 3.31. The molecule has 0 fully saturated rings. The average Bonchev–Trinajstić information content (AvgIpc) is 2.47. The normalized spacial score (nSPS) is 11.9. The molecule has 0 N–H and O–H groups in total. The molecule has 0 aliphatic rings. The number of nitrogens with zero attached hydrogens (tertiary/aromatic N) is 1. The minimum atomic E-state index is -0.116. The number of unbranched alkanes of at least 4 members (excludes halogenated alkanes) is 1. The summed E-state index contributed by atoms with van der Waals surface area (Å²) in [5, 5.41) is 2.92. The van der Waals surface area contributed by atoms with Gasteiger partial charge in [0.1, 0.15) is 5.69 Å². The summed E-state index contributed by atoms with van der Waals surface area (Å²) in [4.78, 5) is 21.8. The molecule has 0 bridgehead atoms. The van der Waals surface area contributed by atoms with Crippen LogP contribution in [0.15, 0.2) is 29.4 Å². The molecular weight excluding hydrogens is 242 g/mol. The van der Waals surface area contributed by atoms with Crippen LogP contribution in [-0.2, 0) is 16.0 Å². The fourth-order valence-electron chi connectivity index (χ4n) is 2.14. The lowest BCUT2D eigenvalue weighted by Crippen LogP contribution is -2.15. The molecule has 1 atom stereocenters. The molecule has 1 rings (SSSR count). The first kappa shape index (κ1) is 15.3. The summed E-state index contributed by atoms with van der Waals surface area (Å²) in [7, 11) is 1.43. The summed E-state index contributed by atoms with van der Waals surface area (Å²) in [6.07, 6.45) is 4.55. The van der Waals surface area contributed by atoms with Crippen molar-refractivity contribution in [3.8, 4) is 0 Å². The quantitative estimate of drug-likeness (QED) is 0.404. The molecule has 0 radical (unpaired) electrons. The minimum Gasteiger partial charge on any atom is -0.469 e. The zero-order valence-corrected chi connectivity index (χ0v) is 11.6. The maximum atomic E-state index is 11.4. The number of rotatable bonds is 8. The molecule has 0 aliphatic carbocycles. The van der Waals surface area contributed by atoms with Gasteiger partial charge in [0.15, 0.2) is 0 Å². The van der Waals surface area contributed by atoms with E-state index in [-0.39, 0.29) is 11.9 Å². The van der Waals surface area contributed by atoms with Crippen LogP contribution < -0.4 is 0 Å². The lowest BCUT2D eigenvalue weighted by atomic mass is 9.97. The van der Waals surface area contributed by atoms with Gasteiger partial charge in [-0.05, 0) is 48.6 Å². The monoisotopic (exact) mass is 263 g/mol. The van der Waals surface area contributed by atoms with Gasteiger partial charge in [0.2, 0.25) is 0 Å². The highest BCUT2D eigenvalue weighted by molar-refractivity contribution is 5.72. The maximum Gasteiger partial charge on any atom is 0.308 e. The molecular formula is C15H21NO3. The molecule has 1 aromatic rings. The Morgan fingerprint density at radius 1 is 1.37 bits per heavy atom. The van der Waals surface area contributed by atoms with Gasteiger partial charge in [-0.1, -0.05) is 25.5 Å². The van der Waals surface area contributed by atoms with Gasteiger partial charge in [0.25, 0.3) is 0 Å². The average molecular weight is 263 g/mol. The first-order valence-corrected chi connectivity index (χ1v) is 6.71. The number of methoxy groups -OCH3 is 1. The Bertz CT molecular complexity index is 418. The first-order chi connectivity index (χ1) is 9.21. The highest BCUT2D eigenvalue weighted by Crippen LogP contribution is 2.18. The van der Waals surface area contributed by atoms with E-state index < -0.39 is 0 Å². The lowest BCUT2D eigenvalue weighted by molar-refractivity contribution is -0.145. The number of esters is 1. The molecule has 1 unspecified atom stereocenters. The summed E-state index contributed by atoms with van der Waals surface area (Å²) >= 11 is 0. The van der Waals surface area contributed by atoms with Crippen molar-refractivity contribution in [2.75, 3.05) is 7.11 Å². The topological polar surface area (TPSA) is 55.7 Å². The Labute approximate surface area is 114 Å². The Morgan fingerprint density at radius 3 is 2.79 bits per heavy atom. The fourth-order valence-corrected chi connectivity index (χ4v) is 2.14. The van der Waals surface area contributed by atoms with Crippen molar-refractivity contribution >= 4 is 11.7 Å². The zero-order chi connectivity index (χ0) is 14.1. The van der Waals surface area contributed by atoms with E-state index >= 15 is 0 Å². The van der Waals surface area contributed by atoms with Crippen LogP contribution in [0.1, 0.15) is 38.2 Å². The molecule has 104 valence electrons. The number of nitroso groups, excluding NO2 is 1. The third-order valence-electron chi connectivity index (χ3n) is 3.31. The van der Waals surface area contributed by atoms with Gasteiger partial charge in [0, 0.05) is 0 Å². The van der Waals surface area contributed by atoms with Crippen LogP contribution in [0.5, 0.6) is 0 Å². The van der Waals surface area contributed by atoms with Crippen molar-refractivity contribution in [1.82, 2.24) is 0 Å². The Morgan fingerprint density at radius 2 is 2.16 bits per heavy atom. The maximum absolute atomic E-state index is 11.4. The van der Waals surface area contributed by atoms with E-state index in [0.29, 0.717) is 5.69 Å². The predicted molar refractivity (Wildman–Crippen MR) is 75.2 cm³/mol. The molecule has 0 saturated carbocycles. The first-order valence-electron chi connectivity index (χ1n) is 6.71. The Kier molecular flexibility index (Phi) is 6.79. The number of ether oxygens (including phenoxy) is 1. The number of aryl methyl sites for hydroxylation is 1. The highest BCUT2D eigenvalue weighted by atomic mass is 16.5. The number of carbonyl (C=O) groups is 1. The number of benzene rings is 1. The van der Waals surface area contributed by atoms with Gasteiger partial charge in [-0.2, -0.15) is 0 Å². The fraction of sp³-hybridized carbons (Fsp3) is 0.533. The van der Waals surface area contributed by atoms with Crippen molar-refractivity contribution in [1.29, 1.82) is 0 Å². The second kappa shape index (κ2) is 8.40. The predicted octanol–water partition coefficient (Wildman–Crippen LogP) is 4.00. The second-order valence-corrected chi connectivity index (χ2v) is 4.64. The summed E-state index contributed by atoms with van der Waals surface area (Å²) in [6, 6.07) is 7.34. The van der Waals surface area contributed by atoms with E-state index in [4.69, 9.17) is 4.74 Å². The van der Waals surface area contributed by atoms with E-state index in [1.165, 1.54) is 7.11 Å². The van der Waals surface area contributed by atoms with Crippen molar-refractivity contribution in [2.24, 2.45) is 11.1 Å². The molecule has 4 nitrogen and oxygen atoms in total. The van der Waals surface area contributed by atoms with Crippen LogP contribution in [0, 0.1) is 10.8 Å². The molecule has 4 heteroatoms. The van der Waals surface area contributed by atoms with E-state index in [1.54, 1.807) is 6.07 Å². The summed E-state index contributed by atoms with van der Waals surface area (Å²) in [5.74, 6) is -0.109. The van der Waals surface area contributed by atoms with Gasteiger partial charge in [-0.25, -0.2) is 0 Å². The van der Waals surface area contributed by atoms with Crippen LogP contribution in [0.4, 0.5) is 5.69 Å². The Hall–Kier alpha value is -1.71. The lowest BCUT2D eigenvalue weighted by Gasteiger charge is -2.11. The van der Waals surface area contributed by atoms with Gasteiger partial charge in [0.05, 0.1) is 13.0 Å². The molecule has 0 spiro atoms. The Balaban J connectivity index is 2.33. The molecule has 19 heavy (non-hydrogen) atoms. The third kappa shape index (κ3) is 5.20. The zero-order valence-electron chi connectivity index (χ0n) is 11.6. The van der Waals surface area contributed by atoms with Crippen LogP contribution in [0.25, 0.3) is 0 Å². The molecule has 0 aromatic heterocycles. The van der Waals surface area contributed by atoms with Crippen molar-refractivity contribution in [3.05, 3.63) is 34.7 Å². The van der Waals surface area contributed by atoms with Gasteiger partial charge >= 0.3 is 5.97 Å². The summed E-state index contributed by atoms with van der Waals surface area (Å²) in [6.45, 7) is 2.00. The molecule has 0 saturated heterocycles. The smallest absolute Gasteiger partial charge is 0.308 e. The molecule has 0 heterocycles. The van der Waals surface area contributed by atoms with E-state index in [1.807, 2.05) is 25.1 Å². The SMILES string of the molecule is CCC(CCCCc1cccc(N=O)c1)C(=O)OC.